The van der Waals surface area contributed by atoms with Crippen molar-refractivity contribution in [1.29, 1.82) is 0 Å². The van der Waals surface area contributed by atoms with Crippen LogP contribution in [0.2, 0.25) is 0 Å². The van der Waals surface area contributed by atoms with E-state index in [0.29, 0.717) is 44.6 Å². The molecule has 0 aliphatic carbocycles. The molecule has 0 radical (unpaired) electrons. The molecule has 7 nitrogen and oxygen atoms in total. The molecule has 2 N–H and O–H groups in total. The van der Waals surface area contributed by atoms with E-state index < -0.39 is 23.9 Å². The van der Waals surface area contributed by atoms with Gasteiger partial charge < -0.3 is 19.9 Å². The summed E-state index contributed by atoms with van der Waals surface area (Å²) >= 11 is 0. The number of halogens is 2. The number of aryl methyl sites for hydroxylation is 3. The summed E-state index contributed by atoms with van der Waals surface area (Å²) < 4.78 is 41.6. The maximum Gasteiger partial charge on any atom is 0.325 e. The number of nitrogens with zero attached hydrogens (tertiary/aromatic N) is 2. The minimum atomic E-state index is -2.84. The summed E-state index contributed by atoms with van der Waals surface area (Å²) in [6.07, 6.45) is 3.96. The van der Waals surface area contributed by atoms with Gasteiger partial charge in [0.15, 0.2) is 0 Å². The van der Waals surface area contributed by atoms with Gasteiger partial charge in [-0.25, -0.2) is 13.8 Å². The Balaban J connectivity index is 1.17. The molecule has 1 aromatic carbocycles. The molecule has 39 heavy (non-hydrogen) atoms. The summed E-state index contributed by atoms with van der Waals surface area (Å²) in [5.41, 5.74) is 4.49. The van der Waals surface area contributed by atoms with Gasteiger partial charge in [0, 0.05) is 31.1 Å². The molecule has 5 rings (SSSR count). The number of unbranched alkanes of at least 4 members (excludes halogenated alkanes) is 1. The average Bonchev–Trinajstić information content (AvgIpc) is 3.37. The minimum Gasteiger partial charge on any atom is -0.480 e. The first kappa shape index (κ1) is 27.9. The van der Waals surface area contributed by atoms with Crippen LogP contribution in [0.3, 0.4) is 0 Å². The van der Waals surface area contributed by atoms with Gasteiger partial charge in [-0.1, -0.05) is 29.8 Å². The van der Waals surface area contributed by atoms with Gasteiger partial charge in [0.05, 0.1) is 19.8 Å². The van der Waals surface area contributed by atoms with Crippen LogP contribution >= 0.6 is 0 Å². The number of nitrogens with one attached hydrogen (secondary N) is 1. The van der Waals surface area contributed by atoms with Crippen molar-refractivity contribution in [2.75, 3.05) is 38.2 Å². The second kappa shape index (κ2) is 12.3. The van der Waals surface area contributed by atoms with E-state index in [1.54, 1.807) is 4.90 Å². The van der Waals surface area contributed by atoms with Crippen LogP contribution < -0.4 is 5.32 Å². The third kappa shape index (κ3) is 6.76. The van der Waals surface area contributed by atoms with Gasteiger partial charge in [0.2, 0.25) is 0 Å². The first-order valence-electron chi connectivity index (χ1n) is 14.2. The monoisotopic (exact) mass is 543 g/mol. The number of ether oxygens (including phenoxy) is 2. The molecule has 9 heteroatoms. The number of fused-ring (bicyclic) bond motifs is 1. The fourth-order valence-electron chi connectivity index (χ4n) is 5.85. The molecular formula is C30H39F2N3O4. The second-order valence-corrected chi connectivity index (χ2v) is 11.2. The molecule has 2 fully saturated rings. The van der Waals surface area contributed by atoms with Crippen molar-refractivity contribution in [1.82, 2.24) is 9.88 Å². The Bertz CT molecular complexity index is 1160. The highest BCUT2D eigenvalue weighted by atomic mass is 19.3. The smallest absolute Gasteiger partial charge is 0.325 e. The number of anilines is 1. The molecule has 2 aromatic rings. The van der Waals surface area contributed by atoms with E-state index >= 15 is 8.78 Å². The predicted molar refractivity (Wildman–Crippen MR) is 144 cm³/mol. The number of alkyl halides is 2. The minimum absolute atomic E-state index is 0.0111. The predicted octanol–water partition coefficient (Wildman–Crippen LogP) is 5.16. The Morgan fingerprint density at radius 2 is 2.13 bits per heavy atom. The summed E-state index contributed by atoms with van der Waals surface area (Å²) in [5, 5.41) is 13.5. The SMILES string of the molecule is Cc1ccc(COC2COC2)c(C(C(=O)O)N2CC[C@@H](C(F)(F)CCCCc3ccc4c(n3)NCCC4)C2)c1. The Morgan fingerprint density at radius 3 is 2.90 bits per heavy atom. The number of aromatic nitrogens is 1. The van der Waals surface area contributed by atoms with Crippen molar-refractivity contribution in [3.05, 3.63) is 58.3 Å². The Labute approximate surface area is 228 Å². The number of carboxylic acids is 1. The highest BCUT2D eigenvalue weighted by Gasteiger charge is 2.45. The number of carbonyl (C=O) groups is 1. The summed E-state index contributed by atoms with van der Waals surface area (Å²) in [6, 6.07) is 8.79. The molecule has 0 bridgehead atoms. The van der Waals surface area contributed by atoms with Gasteiger partial charge in [-0.2, -0.15) is 0 Å². The third-order valence-corrected chi connectivity index (χ3v) is 8.24. The van der Waals surface area contributed by atoms with Crippen molar-refractivity contribution in [3.63, 3.8) is 0 Å². The Hall–Kier alpha value is -2.62. The zero-order valence-electron chi connectivity index (χ0n) is 22.6. The second-order valence-electron chi connectivity index (χ2n) is 11.2. The number of pyridine rings is 1. The van der Waals surface area contributed by atoms with Crippen LogP contribution in [0, 0.1) is 12.8 Å². The lowest BCUT2D eigenvalue weighted by molar-refractivity contribution is -0.144. The molecule has 2 saturated heterocycles. The van der Waals surface area contributed by atoms with E-state index in [2.05, 4.69) is 16.4 Å². The van der Waals surface area contributed by atoms with Gasteiger partial charge in [0.1, 0.15) is 18.0 Å². The zero-order chi connectivity index (χ0) is 27.4. The molecule has 212 valence electrons. The van der Waals surface area contributed by atoms with E-state index in [-0.39, 0.29) is 32.1 Å². The van der Waals surface area contributed by atoms with Crippen LogP contribution in [-0.4, -0.2) is 65.8 Å². The summed E-state index contributed by atoms with van der Waals surface area (Å²) in [4.78, 5) is 18.8. The highest BCUT2D eigenvalue weighted by Crippen LogP contribution is 2.40. The van der Waals surface area contributed by atoms with Crippen molar-refractivity contribution in [2.24, 2.45) is 5.92 Å². The van der Waals surface area contributed by atoms with Crippen molar-refractivity contribution < 1.29 is 28.2 Å². The number of rotatable bonds is 12. The van der Waals surface area contributed by atoms with E-state index in [1.165, 1.54) is 5.56 Å². The van der Waals surface area contributed by atoms with E-state index in [9.17, 15) is 9.90 Å². The number of hydrogen-bond donors (Lipinski definition) is 2. The normalized spacial score (nSPS) is 20.7. The van der Waals surface area contributed by atoms with Crippen LogP contribution in [0.1, 0.15) is 66.1 Å². The third-order valence-electron chi connectivity index (χ3n) is 8.24. The summed E-state index contributed by atoms with van der Waals surface area (Å²) in [5.74, 6) is -3.79. The van der Waals surface area contributed by atoms with Crippen molar-refractivity contribution in [3.8, 4) is 0 Å². The lowest BCUT2D eigenvalue weighted by Crippen LogP contribution is -2.37. The summed E-state index contributed by atoms with van der Waals surface area (Å²) in [6.45, 7) is 4.56. The number of carboxylic acid groups (broad SMARTS) is 1. The van der Waals surface area contributed by atoms with Gasteiger partial charge in [-0.15, -0.1) is 0 Å². The quantitative estimate of drug-likeness (QED) is 0.358. The fourth-order valence-corrected chi connectivity index (χ4v) is 5.85. The molecule has 0 amide bonds. The molecule has 1 aromatic heterocycles. The first-order valence-corrected chi connectivity index (χ1v) is 14.2. The van der Waals surface area contributed by atoms with Gasteiger partial charge >= 0.3 is 5.97 Å². The van der Waals surface area contributed by atoms with Crippen LogP contribution in [0.4, 0.5) is 14.6 Å². The first-order chi connectivity index (χ1) is 18.8. The van der Waals surface area contributed by atoms with Gasteiger partial charge in [-0.05, 0) is 74.8 Å². The fraction of sp³-hybridized carbons (Fsp3) is 0.600. The average molecular weight is 544 g/mol. The lowest BCUT2D eigenvalue weighted by atomic mass is 9.94. The zero-order valence-corrected chi connectivity index (χ0v) is 22.6. The van der Waals surface area contributed by atoms with Gasteiger partial charge in [0.25, 0.3) is 5.92 Å². The molecule has 0 saturated carbocycles. The molecular weight excluding hydrogens is 504 g/mol. The van der Waals surface area contributed by atoms with Gasteiger partial charge in [-0.3, -0.25) is 9.69 Å². The molecule has 3 aliphatic rings. The van der Waals surface area contributed by atoms with E-state index in [4.69, 9.17) is 9.47 Å². The lowest BCUT2D eigenvalue weighted by Gasteiger charge is -2.30. The van der Waals surface area contributed by atoms with Crippen LogP contribution in [0.15, 0.2) is 30.3 Å². The van der Waals surface area contributed by atoms with Crippen LogP contribution in [0.25, 0.3) is 0 Å². The summed E-state index contributed by atoms with van der Waals surface area (Å²) in [7, 11) is 0. The van der Waals surface area contributed by atoms with Crippen molar-refractivity contribution >= 4 is 11.8 Å². The maximum atomic E-state index is 15.3. The number of likely N-dealkylation sites (tertiary alicyclic amines) is 1. The number of aliphatic carboxylic acids is 1. The number of hydrogen-bond acceptors (Lipinski definition) is 6. The van der Waals surface area contributed by atoms with Crippen LogP contribution in [0.5, 0.6) is 0 Å². The molecule has 3 aliphatic heterocycles. The van der Waals surface area contributed by atoms with Crippen LogP contribution in [-0.2, 0) is 33.7 Å². The molecule has 0 spiro atoms. The molecule has 2 atom stereocenters. The standard InChI is InChI=1S/C30H39F2N3O4/c1-20-7-8-22(17-39-25-18-38-19-25)26(15-20)27(29(36)37)35-14-11-23(16-35)30(31,32)12-3-2-6-24-10-9-21-5-4-13-33-28(21)34-24/h7-10,15,23,25,27H,2-6,11-14,16-19H2,1H3,(H,33,34)(H,36,37)/t23-,27?/m1/s1. The van der Waals surface area contributed by atoms with Crippen molar-refractivity contribution in [2.45, 2.75) is 76.5 Å². The Kier molecular flexibility index (Phi) is 8.79. The largest absolute Gasteiger partial charge is 0.480 e. The topological polar surface area (TPSA) is 83.9 Å². The Morgan fingerprint density at radius 1 is 1.28 bits per heavy atom. The van der Waals surface area contributed by atoms with E-state index in [0.717, 1.165) is 42.0 Å². The highest BCUT2D eigenvalue weighted by molar-refractivity contribution is 5.76. The maximum absolute atomic E-state index is 15.3. The molecule has 4 heterocycles. The molecule has 1 unspecified atom stereocenters. The number of benzene rings is 1. The van der Waals surface area contributed by atoms with E-state index in [1.807, 2.05) is 31.2 Å².